The Bertz CT molecular complexity index is 1750. The summed E-state index contributed by atoms with van der Waals surface area (Å²) in [6.45, 7) is 0. The van der Waals surface area contributed by atoms with E-state index in [1.165, 1.54) is 21.3 Å². The van der Waals surface area contributed by atoms with Crippen molar-refractivity contribution in [2.45, 2.75) is 0 Å². The second-order valence-corrected chi connectivity index (χ2v) is 7.87. The first kappa shape index (κ1) is 26.5. The van der Waals surface area contributed by atoms with Gasteiger partial charge in [-0.25, -0.2) is 0 Å². The quantitative estimate of drug-likeness (QED) is 0.221. The molecule has 0 aliphatic rings. The molecule has 0 bridgehead atoms. The fraction of sp³-hybridized carbons (Fsp3) is 0.111. The third kappa shape index (κ3) is 6.25. The number of azo groups is 1. The zero-order valence-corrected chi connectivity index (χ0v) is 21.2. The van der Waals surface area contributed by atoms with E-state index in [2.05, 4.69) is 31.3 Å². The molecule has 0 aliphatic heterocycles. The summed E-state index contributed by atoms with van der Waals surface area (Å²) in [7, 11) is 4.51. The molecule has 0 radical (unpaired) electrons. The Morgan fingerprint density at radius 1 is 0.641 bits per heavy atom. The maximum atomic E-state index is 13.2. The molecule has 0 unspecified atom stereocenters. The van der Waals surface area contributed by atoms with Crippen molar-refractivity contribution in [2.75, 3.05) is 32.2 Å². The summed E-state index contributed by atoms with van der Waals surface area (Å²) in [6, 6.07) is 20.1. The van der Waals surface area contributed by atoms with Gasteiger partial charge >= 0.3 is 0 Å². The number of hydrogen-bond donors (Lipinski definition) is 3. The minimum absolute atomic E-state index is 0.348. The fourth-order valence-corrected chi connectivity index (χ4v) is 3.36. The van der Waals surface area contributed by atoms with Crippen LogP contribution >= 0.6 is 0 Å². The lowest BCUT2D eigenvalue weighted by atomic mass is 10.2. The third-order valence-electron chi connectivity index (χ3n) is 5.36. The van der Waals surface area contributed by atoms with Crippen molar-refractivity contribution in [2.24, 2.45) is 20.4 Å². The third-order valence-corrected chi connectivity index (χ3v) is 5.36. The van der Waals surface area contributed by atoms with Crippen LogP contribution in [0.1, 0.15) is 0 Å². The summed E-state index contributed by atoms with van der Waals surface area (Å²) >= 11 is 0. The monoisotopic (exact) mass is 528 g/mol. The van der Waals surface area contributed by atoms with Gasteiger partial charge in [-0.3, -0.25) is 20.4 Å². The van der Waals surface area contributed by atoms with E-state index in [1.54, 1.807) is 72.8 Å². The summed E-state index contributed by atoms with van der Waals surface area (Å²) in [4.78, 5) is 26.5. The van der Waals surface area contributed by atoms with Crippen molar-refractivity contribution < 1.29 is 19.3 Å². The SMILES string of the molecule is COc1cccc(N=Nc2c(O)/c(=N/Nc3cccc(OC)c3)c(=O)/c(=N/Nc3cccc(OC)c3)c2=O)c1. The van der Waals surface area contributed by atoms with E-state index >= 15 is 0 Å². The molecule has 0 heterocycles. The van der Waals surface area contributed by atoms with E-state index in [1.807, 2.05) is 0 Å². The van der Waals surface area contributed by atoms with Gasteiger partial charge in [-0.15, -0.1) is 5.11 Å². The lowest BCUT2D eigenvalue weighted by molar-refractivity contribution is 0.415. The number of benzene rings is 4. The Kier molecular flexibility index (Phi) is 8.27. The number of phenolic OH excluding ortho intramolecular Hbond substituents is 1. The molecule has 39 heavy (non-hydrogen) atoms. The van der Waals surface area contributed by atoms with E-state index in [9.17, 15) is 14.7 Å². The van der Waals surface area contributed by atoms with Crippen LogP contribution in [0.15, 0.2) is 103 Å². The Balaban J connectivity index is 1.86. The summed E-state index contributed by atoms with van der Waals surface area (Å²) in [5, 5.41) is 25.8. The average molecular weight is 529 g/mol. The van der Waals surface area contributed by atoms with Crippen LogP contribution in [0.25, 0.3) is 0 Å². The number of nitrogens with zero attached hydrogens (tertiary/aromatic N) is 4. The molecule has 0 aromatic heterocycles. The summed E-state index contributed by atoms with van der Waals surface area (Å²) in [5.74, 6) is 0.843. The first-order valence-electron chi connectivity index (χ1n) is 11.5. The van der Waals surface area contributed by atoms with Crippen molar-refractivity contribution in [1.82, 2.24) is 0 Å². The van der Waals surface area contributed by atoms with E-state index in [4.69, 9.17) is 14.2 Å². The summed E-state index contributed by atoms with van der Waals surface area (Å²) in [5.41, 5.74) is 4.22. The summed E-state index contributed by atoms with van der Waals surface area (Å²) in [6.07, 6.45) is 0. The lowest BCUT2D eigenvalue weighted by Crippen LogP contribution is -2.48. The van der Waals surface area contributed by atoms with Gasteiger partial charge in [0.1, 0.15) is 17.2 Å². The van der Waals surface area contributed by atoms with Gasteiger partial charge in [0.05, 0.1) is 38.4 Å². The Hall–Kier alpha value is -5.52. The zero-order chi connectivity index (χ0) is 27.8. The second kappa shape index (κ2) is 12.1. The van der Waals surface area contributed by atoms with Crippen LogP contribution in [0.4, 0.5) is 22.7 Å². The van der Waals surface area contributed by atoms with Crippen LogP contribution in [0.2, 0.25) is 0 Å². The minimum Gasteiger partial charge on any atom is -0.504 e. The molecule has 4 aromatic rings. The molecule has 0 atom stereocenters. The Morgan fingerprint density at radius 3 is 1.72 bits per heavy atom. The van der Waals surface area contributed by atoms with Crippen molar-refractivity contribution in [1.29, 1.82) is 0 Å². The standard InChI is InChI=1S/C27H24N6O6/c1-37-19-10-4-7-16(13-19)28-31-22-25(34)23(32-29-17-8-5-11-20(14-17)38-2)27(36)24(26(22)35)33-30-18-9-6-12-21(15-18)39-3/h4-15,28-29,35H,1-3H3/b31-22+,32-23-,33-30?. The summed E-state index contributed by atoms with van der Waals surface area (Å²) < 4.78 is 15.5. The maximum absolute atomic E-state index is 13.2. The van der Waals surface area contributed by atoms with E-state index in [-0.39, 0.29) is 0 Å². The van der Waals surface area contributed by atoms with Crippen molar-refractivity contribution in [3.05, 3.63) is 104 Å². The van der Waals surface area contributed by atoms with Crippen LogP contribution in [0.5, 0.6) is 23.0 Å². The molecule has 0 fully saturated rings. The molecule has 4 rings (SSSR count). The highest BCUT2D eigenvalue weighted by Crippen LogP contribution is 2.23. The number of nitrogens with one attached hydrogen (secondary N) is 2. The number of phenols is 1. The highest BCUT2D eigenvalue weighted by atomic mass is 16.5. The van der Waals surface area contributed by atoms with Crippen LogP contribution < -0.4 is 46.6 Å². The molecule has 198 valence electrons. The van der Waals surface area contributed by atoms with E-state index in [0.29, 0.717) is 34.3 Å². The number of anilines is 2. The highest BCUT2D eigenvalue weighted by Gasteiger charge is 2.17. The van der Waals surface area contributed by atoms with Crippen LogP contribution in [-0.4, -0.2) is 26.4 Å². The van der Waals surface area contributed by atoms with Gasteiger partial charge in [0, 0.05) is 18.2 Å². The van der Waals surface area contributed by atoms with Gasteiger partial charge in [0.25, 0.3) is 0 Å². The molecule has 12 nitrogen and oxygen atoms in total. The number of aromatic hydroxyl groups is 1. The van der Waals surface area contributed by atoms with Gasteiger partial charge in [-0.2, -0.15) is 15.3 Å². The largest absolute Gasteiger partial charge is 0.504 e. The zero-order valence-electron chi connectivity index (χ0n) is 21.2. The average Bonchev–Trinajstić information content (AvgIpc) is 2.97. The van der Waals surface area contributed by atoms with Crippen LogP contribution in [0, 0.1) is 0 Å². The van der Waals surface area contributed by atoms with Gasteiger partial charge in [0.2, 0.25) is 10.9 Å². The van der Waals surface area contributed by atoms with Gasteiger partial charge in [-0.1, -0.05) is 18.2 Å². The molecule has 0 saturated heterocycles. The lowest BCUT2D eigenvalue weighted by Gasteiger charge is -2.04. The van der Waals surface area contributed by atoms with Crippen molar-refractivity contribution in [3.63, 3.8) is 0 Å². The number of methoxy groups -OCH3 is 3. The normalized spacial score (nSPS) is 12.0. The smallest absolute Gasteiger partial charge is 0.241 e. The molecule has 3 N–H and O–H groups in total. The molecular weight excluding hydrogens is 504 g/mol. The Labute approximate surface area is 221 Å². The fourth-order valence-electron chi connectivity index (χ4n) is 3.36. The van der Waals surface area contributed by atoms with Crippen LogP contribution in [0.3, 0.4) is 0 Å². The van der Waals surface area contributed by atoms with Gasteiger partial charge < -0.3 is 19.3 Å². The molecular formula is C27H24N6O6. The maximum Gasteiger partial charge on any atom is 0.241 e. The molecule has 4 aromatic carbocycles. The minimum atomic E-state index is -0.945. The molecule has 12 heteroatoms. The first-order chi connectivity index (χ1) is 18.9. The second-order valence-electron chi connectivity index (χ2n) is 7.87. The predicted octanol–water partition coefficient (Wildman–Crippen LogP) is 3.29. The molecule has 0 amide bonds. The Morgan fingerprint density at radius 2 is 1.15 bits per heavy atom. The number of ether oxygens (including phenoxy) is 3. The topological polar surface area (TPSA) is 156 Å². The van der Waals surface area contributed by atoms with E-state index in [0.717, 1.165) is 0 Å². The van der Waals surface area contributed by atoms with Crippen molar-refractivity contribution >= 4 is 22.7 Å². The highest BCUT2D eigenvalue weighted by molar-refractivity contribution is 5.52. The number of hydrogen-bond acceptors (Lipinski definition) is 12. The first-order valence-corrected chi connectivity index (χ1v) is 11.5. The molecule has 0 saturated carbocycles. The molecule has 0 spiro atoms. The van der Waals surface area contributed by atoms with Gasteiger partial charge in [-0.05, 0) is 36.4 Å². The van der Waals surface area contributed by atoms with Crippen molar-refractivity contribution in [3.8, 4) is 23.0 Å². The predicted molar refractivity (Wildman–Crippen MR) is 145 cm³/mol. The number of rotatable bonds is 9. The van der Waals surface area contributed by atoms with Gasteiger partial charge in [0.15, 0.2) is 22.2 Å². The van der Waals surface area contributed by atoms with E-state index < -0.39 is 33.0 Å². The molecule has 0 aliphatic carbocycles. The van der Waals surface area contributed by atoms with Crippen LogP contribution in [-0.2, 0) is 0 Å².